The van der Waals surface area contributed by atoms with Crippen LogP contribution in [0.15, 0.2) is 60.8 Å². The second-order valence-corrected chi connectivity index (χ2v) is 5.21. The Morgan fingerprint density at radius 3 is 2.64 bits per heavy atom. The minimum Gasteiger partial charge on any atom is -0.484 e. The molecule has 0 aliphatic carbocycles. The second kappa shape index (κ2) is 6.35. The fraction of sp³-hybridized carbons (Fsp3) is 0.167. The topological polar surface area (TPSA) is 45.3 Å². The maximum absolute atomic E-state index is 12.2. The Morgan fingerprint density at radius 1 is 1.09 bits per heavy atom. The number of fused-ring (bicyclic) bond motifs is 1. The summed E-state index contributed by atoms with van der Waals surface area (Å²) in [6, 6.07) is 17.4. The van der Waals surface area contributed by atoms with Crippen molar-refractivity contribution in [3.8, 4) is 5.75 Å². The lowest BCUT2D eigenvalue weighted by atomic mass is 10.1. The molecule has 0 aliphatic heterocycles. The van der Waals surface area contributed by atoms with Gasteiger partial charge in [0, 0.05) is 30.7 Å². The van der Waals surface area contributed by atoms with Gasteiger partial charge in [0.25, 0.3) is 5.91 Å². The number of likely N-dealkylation sites (N-methyl/N-ethyl adjacent to an activating group) is 1. The summed E-state index contributed by atoms with van der Waals surface area (Å²) in [4.78, 5) is 17.1. The number of rotatable bonds is 5. The molecule has 3 rings (SSSR count). The number of ether oxygens (including phenoxy) is 1. The fourth-order valence-electron chi connectivity index (χ4n) is 2.38. The van der Waals surface area contributed by atoms with Gasteiger partial charge in [-0.1, -0.05) is 36.4 Å². The first-order valence-corrected chi connectivity index (χ1v) is 7.21. The quantitative estimate of drug-likeness (QED) is 0.785. The Kier molecular flexibility index (Phi) is 4.10. The number of hydrogen-bond acceptors (Lipinski definition) is 2. The first-order valence-electron chi connectivity index (χ1n) is 7.21. The van der Waals surface area contributed by atoms with Crippen molar-refractivity contribution in [3.63, 3.8) is 0 Å². The van der Waals surface area contributed by atoms with Crippen molar-refractivity contribution >= 4 is 16.8 Å². The summed E-state index contributed by atoms with van der Waals surface area (Å²) in [6.07, 6.45) is 1.95. The van der Waals surface area contributed by atoms with Crippen LogP contribution in [0, 0.1) is 0 Å². The summed E-state index contributed by atoms with van der Waals surface area (Å²) in [5.41, 5.74) is 2.19. The number of aromatic nitrogens is 1. The number of carbonyl (C=O) groups excluding carboxylic acids is 1. The van der Waals surface area contributed by atoms with Crippen LogP contribution < -0.4 is 4.74 Å². The Hall–Kier alpha value is -2.75. The molecule has 22 heavy (non-hydrogen) atoms. The molecule has 3 aromatic rings. The van der Waals surface area contributed by atoms with Crippen LogP contribution in [-0.2, 0) is 11.3 Å². The number of nitrogens with one attached hydrogen (secondary N) is 1. The zero-order valence-electron chi connectivity index (χ0n) is 12.5. The zero-order chi connectivity index (χ0) is 15.4. The van der Waals surface area contributed by atoms with Crippen LogP contribution in [0.4, 0.5) is 0 Å². The van der Waals surface area contributed by atoms with Gasteiger partial charge in [-0.05, 0) is 23.8 Å². The summed E-state index contributed by atoms with van der Waals surface area (Å²) >= 11 is 0. The van der Waals surface area contributed by atoms with Crippen LogP contribution in [0.1, 0.15) is 5.56 Å². The molecule has 0 unspecified atom stereocenters. The predicted molar refractivity (Wildman–Crippen MR) is 86.7 cm³/mol. The van der Waals surface area contributed by atoms with Gasteiger partial charge in [-0.2, -0.15) is 0 Å². The summed E-state index contributed by atoms with van der Waals surface area (Å²) < 4.78 is 5.50. The minimum absolute atomic E-state index is 0.0445. The molecule has 1 amide bonds. The molecule has 0 fully saturated rings. The molecule has 4 nitrogen and oxygen atoms in total. The van der Waals surface area contributed by atoms with Crippen LogP contribution >= 0.6 is 0 Å². The SMILES string of the molecule is CN(Cc1c[nH]c2ccccc12)C(=O)COc1ccccc1. The number of H-pyrrole nitrogens is 1. The van der Waals surface area contributed by atoms with Gasteiger partial charge in [-0.15, -0.1) is 0 Å². The third kappa shape index (κ3) is 3.11. The van der Waals surface area contributed by atoms with Gasteiger partial charge in [-0.3, -0.25) is 4.79 Å². The number of para-hydroxylation sites is 2. The summed E-state index contributed by atoms with van der Waals surface area (Å²) in [5, 5.41) is 1.14. The van der Waals surface area contributed by atoms with E-state index in [-0.39, 0.29) is 12.5 Å². The molecule has 0 saturated carbocycles. The molecular weight excluding hydrogens is 276 g/mol. The highest BCUT2D eigenvalue weighted by atomic mass is 16.5. The van der Waals surface area contributed by atoms with E-state index in [0.29, 0.717) is 12.3 Å². The summed E-state index contributed by atoms with van der Waals surface area (Å²) in [6.45, 7) is 0.601. The van der Waals surface area contributed by atoms with Gasteiger partial charge in [-0.25, -0.2) is 0 Å². The largest absolute Gasteiger partial charge is 0.484 e. The van der Waals surface area contributed by atoms with E-state index in [0.717, 1.165) is 16.5 Å². The van der Waals surface area contributed by atoms with Crippen LogP contribution in [0.3, 0.4) is 0 Å². The standard InChI is InChI=1S/C18H18N2O2/c1-20(18(21)13-22-15-7-3-2-4-8-15)12-14-11-19-17-10-6-5-9-16(14)17/h2-11,19H,12-13H2,1H3. The highest BCUT2D eigenvalue weighted by molar-refractivity contribution is 5.84. The lowest BCUT2D eigenvalue weighted by Gasteiger charge is -2.17. The lowest BCUT2D eigenvalue weighted by Crippen LogP contribution is -2.30. The van der Waals surface area contributed by atoms with Crippen molar-refractivity contribution in [2.45, 2.75) is 6.54 Å². The van der Waals surface area contributed by atoms with Crippen LogP contribution in [0.25, 0.3) is 10.9 Å². The molecule has 0 atom stereocenters. The molecule has 1 N–H and O–H groups in total. The predicted octanol–water partition coefficient (Wildman–Crippen LogP) is 3.21. The van der Waals surface area contributed by atoms with Crippen molar-refractivity contribution in [2.24, 2.45) is 0 Å². The highest BCUT2D eigenvalue weighted by Gasteiger charge is 2.12. The van der Waals surface area contributed by atoms with E-state index in [4.69, 9.17) is 4.74 Å². The third-order valence-electron chi connectivity index (χ3n) is 3.61. The van der Waals surface area contributed by atoms with Crippen molar-refractivity contribution in [2.75, 3.05) is 13.7 Å². The number of benzene rings is 2. The molecule has 4 heteroatoms. The van der Waals surface area contributed by atoms with E-state index in [1.54, 1.807) is 11.9 Å². The number of aromatic amines is 1. The molecule has 0 radical (unpaired) electrons. The number of hydrogen-bond donors (Lipinski definition) is 1. The van der Waals surface area contributed by atoms with Gasteiger partial charge >= 0.3 is 0 Å². The van der Waals surface area contributed by atoms with E-state index in [1.807, 2.05) is 54.7 Å². The molecule has 2 aromatic carbocycles. The van der Waals surface area contributed by atoms with Crippen molar-refractivity contribution in [3.05, 3.63) is 66.4 Å². The van der Waals surface area contributed by atoms with Gasteiger partial charge < -0.3 is 14.6 Å². The number of amides is 1. The number of carbonyl (C=O) groups is 1. The Labute approximate surface area is 129 Å². The highest BCUT2D eigenvalue weighted by Crippen LogP contribution is 2.19. The molecule has 0 aliphatic rings. The van der Waals surface area contributed by atoms with Gasteiger partial charge in [0.1, 0.15) is 5.75 Å². The van der Waals surface area contributed by atoms with Gasteiger partial charge in [0.15, 0.2) is 6.61 Å². The zero-order valence-corrected chi connectivity index (χ0v) is 12.5. The average Bonchev–Trinajstić information content (AvgIpc) is 2.97. The monoisotopic (exact) mass is 294 g/mol. The van der Waals surface area contributed by atoms with E-state index >= 15 is 0 Å². The molecular formula is C18H18N2O2. The minimum atomic E-state index is -0.0471. The second-order valence-electron chi connectivity index (χ2n) is 5.21. The normalized spacial score (nSPS) is 10.6. The van der Waals surface area contributed by atoms with Crippen LogP contribution in [0.2, 0.25) is 0 Å². The maximum atomic E-state index is 12.2. The van der Waals surface area contributed by atoms with Crippen molar-refractivity contribution in [1.29, 1.82) is 0 Å². The lowest BCUT2D eigenvalue weighted by molar-refractivity contribution is -0.132. The van der Waals surface area contributed by atoms with E-state index < -0.39 is 0 Å². The first-order chi connectivity index (χ1) is 10.7. The molecule has 0 saturated heterocycles. The Morgan fingerprint density at radius 2 is 1.82 bits per heavy atom. The van der Waals surface area contributed by atoms with E-state index in [2.05, 4.69) is 11.1 Å². The first kappa shape index (κ1) is 14.2. The molecule has 112 valence electrons. The van der Waals surface area contributed by atoms with Crippen molar-refractivity contribution in [1.82, 2.24) is 9.88 Å². The maximum Gasteiger partial charge on any atom is 0.260 e. The molecule has 0 bridgehead atoms. The van der Waals surface area contributed by atoms with E-state index in [9.17, 15) is 4.79 Å². The fourth-order valence-corrected chi connectivity index (χ4v) is 2.38. The van der Waals surface area contributed by atoms with E-state index in [1.165, 1.54) is 0 Å². The Balaban J connectivity index is 1.61. The third-order valence-corrected chi connectivity index (χ3v) is 3.61. The van der Waals surface area contributed by atoms with Crippen LogP contribution in [-0.4, -0.2) is 29.4 Å². The molecule has 0 spiro atoms. The average molecular weight is 294 g/mol. The molecule has 1 heterocycles. The summed E-state index contributed by atoms with van der Waals surface area (Å²) in [5.74, 6) is 0.658. The van der Waals surface area contributed by atoms with Crippen LogP contribution in [0.5, 0.6) is 5.75 Å². The number of nitrogens with zero attached hydrogens (tertiary/aromatic N) is 1. The summed E-state index contributed by atoms with van der Waals surface area (Å²) in [7, 11) is 1.79. The van der Waals surface area contributed by atoms with Gasteiger partial charge in [0.2, 0.25) is 0 Å². The van der Waals surface area contributed by atoms with Crippen molar-refractivity contribution < 1.29 is 9.53 Å². The molecule has 1 aromatic heterocycles. The van der Waals surface area contributed by atoms with Gasteiger partial charge in [0.05, 0.1) is 0 Å². The smallest absolute Gasteiger partial charge is 0.260 e. The Bertz CT molecular complexity index is 765.